The third-order valence-corrected chi connectivity index (χ3v) is 3.31. The number of urea groups is 1. The molecule has 1 N–H and O–H groups in total. The second-order valence-corrected chi connectivity index (χ2v) is 5.75. The van der Waals surface area contributed by atoms with Gasteiger partial charge < -0.3 is 14.9 Å². The maximum absolute atomic E-state index is 12.4. The highest BCUT2D eigenvalue weighted by Gasteiger charge is 2.30. The van der Waals surface area contributed by atoms with E-state index in [9.17, 15) is 9.59 Å². The van der Waals surface area contributed by atoms with E-state index in [4.69, 9.17) is 5.11 Å². The predicted molar refractivity (Wildman–Crippen MR) is 69.4 cm³/mol. The minimum absolute atomic E-state index is 0.0962. The van der Waals surface area contributed by atoms with Crippen molar-refractivity contribution in [3.63, 3.8) is 0 Å². The highest BCUT2D eigenvalue weighted by molar-refractivity contribution is 5.80. The maximum atomic E-state index is 12.4. The van der Waals surface area contributed by atoms with Crippen molar-refractivity contribution in [2.24, 2.45) is 11.8 Å². The smallest absolute Gasteiger partial charge is 0.323 e. The van der Waals surface area contributed by atoms with Crippen LogP contribution in [0.5, 0.6) is 0 Å². The molecule has 0 spiro atoms. The number of carbonyl (C=O) groups is 2. The second kappa shape index (κ2) is 6.07. The fraction of sp³-hybridized carbons (Fsp3) is 0.846. The summed E-state index contributed by atoms with van der Waals surface area (Å²) in [6.45, 7) is 9.18. The first kappa shape index (κ1) is 14.8. The Hall–Kier alpha value is -1.26. The number of carboxylic acid groups (broad SMARTS) is 1. The van der Waals surface area contributed by atoms with Crippen molar-refractivity contribution in [3.8, 4) is 0 Å². The van der Waals surface area contributed by atoms with Crippen LogP contribution in [0, 0.1) is 11.8 Å². The Morgan fingerprint density at radius 2 is 1.78 bits per heavy atom. The lowest BCUT2D eigenvalue weighted by Gasteiger charge is -2.39. The summed E-state index contributed by atoms with van der Waals surface area (Å²) < 4.78 is 0. The number of carbonyl (C=O) groups excluding carboxylic acids is 1. The van der Waals surface area contributed by atoms with Gasteiger partial charge in [0.2, 0.25) is 0 Å². The molecule has 0 aromatic carbocycles. The molecule has 2 amide bonds. The maximum Gasteiger partial charge on any atom is 0.323 e. The number of hydrogen-bond acceptors (Lipinski definition) is 2. The fourth-order valence-electron chi connectivity index (χ4n) is 2.62. The van der Waals surface area contributed by atoms with Gasteiger partial charge in [-0.25, -0.2) is 4.79 Å². The first-order valence-electron chi connectivity index (χ1n) is 6.58. The summed E-state index contributed by atoms with van der Waals surface area (Å²) in [5.41, 5.74) is 0. The average molecular weight is 256 g/mol. The van der Waals surface area contributed by atoms with Gasteiger partial charge in [0.05, 0.1) is 0 Å². The van der Waals surface area contributed by atoms with Crippen LogP contribution in [0.4, 0.5) is 4.79 Å². The van der Waals surface area contributed by atoms with E-state index in [1.807, 2.05) is 13.8 Å². The monoisotopic (exact) mass is 256 g/mol. The first-order chi connectivity index (χ1) is 8.31. The lowest BCUT2D eigenvalue weighted by molar-refractivity contribution is -0.138. The number of aliphatic carboxylic acids is 1. The van der Waals surface area contributed by atoms with Crippen LogP contribution in [0.25, 0.3) is 0 Å². The van der Waals surface area contributed by atoms with Gasteiger partial charge in [-0.05, 0) is 32.1 Å². The van der Waals surface area contributed by atoms with Crippen molar-refractivity contribution in [1.29, 1.82) is 0 Å². The Balaban J connectivity index is 2.72. The molecule has 0 bridgehead atoms. The standard InChI is InChI=1S/C13H24N2O3/c1-9(2)15(8-12(16)17)13(18)14-6-10(3)5-11(4)7-14/h9-11H,5-8H2,1-4H3,(H,16,17). The van der Waals surface area contributed by atoms with E-state index in [-0.39, 0.29) is 18.6 Å². The lowest BCUT2D eigenvalue weighted by Crippen LogP contribution is -2.52. The van der Waals surface area contributed by atoms with Gasteiger partial charge in [-0.15, -0.1) is 0 Å². The van der Waals surface area contributed by atoms with Gasteiger partial charge in [-0.2, -0.15) is 0 Å². The Kier molecular flexibility index (Phi) is 4.99. The van der Waals surface area contributed by atoms with Crippen LogP contribution in [0.1, 0.15) is 34.1 Å². The highest BCUT2D eigenvalue weighted by atomic mass is 16.4. The van der Waals surface area contributed by atoms with Crippen molar-refractivity contribution in [3.05, 3.63) is 0 Å². The van der Waals surface area contributed by atoms with E-state index in [0.717, 1.165) is 19.5 Å². The Morgan fingerprint density at radius 3 is 2.17 bits per heavy atom. The predicted octanol–water partition coefficient (Wildman–Crippen LogP) is 1.88. The molecular formula is C13H24N2O3. The lowest BCUT2D eigenvalue weighted by atomic mass is 9.92. The molecule has 1 aliphatic heterocycles. The summed E-state index contributed by atoms with van der Waals surface area (Å²) in [6, 6.07) is -0.244. The molecule has 5 nitrogen and oxygen atoms in total. The number of rotatable bonds is 3. The highest BCUT2D eigenvalue weighted by Crippen LogP contribution is 2.22. The SMILES string of the molecule is CC1CC(C)CN(C(=O)N(CC(=O)O)C(C)C)C1. The minimum atomic E-state index is -0.963. The molecule has 1 heterocycles. The molecule has 1 rings (SSSR count). The van der Waals surface area contributed by atoms with E-state index in [1.165, 1.54) is 4.90 Å². The number of likely N-dealkylation sites (tertiary alicyclic amines) is 1. The van der Waals surface area contributed by atoms with Crippen LogP contribution in [-0.4, -0.2) is 52.6 Å². The molecule has 2 atom stereocenters. The summed E-state index contributed by atoms with van der Waals surface area (Å²) in [5.74, 6) is 0.00300. The molecule has 0 radical (unpaired) electrons. The van der Waals surface area contributed by atoms with Crippen molar-refractivity contribution in [2.45, 2.75) is 40.2 Å². The first-order valence-corrected chi connectivity index (χ1v) is 6.58. The third kappa shape index (κ3) is 3.89. The van der Waals surface area contributed by atoms with E-state index in [0.29, 0.717) is 11.8 Å². The van der Waals surface area contributed by atoms with Crippen molar-refractivity contribution in [1.82, 2.24) is 9.80 Å². The molecule has 2 unspecified atom stereocenters. The molecule has 104 valence electrons. The van der Waals surface area contributed by atoms with Gasteiger partial charge in [0.15, 0.2) is 0 Å². The zero-order chi connectivity index (χ0) is 13.9. The van der Waals surface area contributed by atoms with Crippen LogP contribution in [0.3, 0.4) is 0 Å². The Morgan fingerprint density at radius 1 is 1.28 bits per heavy atom. The van der Waals surface area contributed by atoms with Crippen molar-refractivity contribution < 1.29 is 14.7 Å². The van der Waals surface area contributed by atoms with Gasteiger partial charge in [-0.1, -0.05) is 13.8 Å². The molecule has 0 aromatic heterocycles. The topological polar surface area (TPSA) is 60.9 Å². The normalized spacial score (nSPS) is 24.2. The molecule has 1 aliphatic rings. The third-order valence-electron chi connectivity index (χ3n) is 3.31. The molecule has 18 heavy (non-hydrogen) atoms. The van der Waals surface area contributed by atoms with Crippen LogP contribution in [0.2, 0.25) is 0 Å². The number of hydrogen-bond donors (Lipinski definition) is 1. The van der Waals surface area contributed by atoms with E-state index < -0.39 is 5.97 Å². The fourth-order valence-corrected chi connectivity index (χ4v) is 2.62. The summed E-state index contributed by atoms with van der Waals surface area (Å²) >= 11 is 0. The van der Waals surface area contributed by atoms with Gasteiger partial charge in [0, 0.05) is 19.1 Å². The molecule has 0 aromatic rings. The summed E-state index contributed by atoms with van der Waals surface area (Å²) in [4.78, 5) is 26.4. The zero-order valence-electron chi connectivity index (χ0n) is 11.7. The van der Waals surface area contributed by atoms with Crippen LogP contribution >= 0.6 is 0 Å². The van der Waals surface area contributed by atoms with Crippen molar-refractivity contribution in [2.75, 3.05) is 19.6 Å². The average Bonchev–Trinajstić information content (AvgIpc) is 2.23. The van der Waals surface area contributed by atoms with E-state index >= 15 is 0 Å². The van der Waals surface area contributed by atoms with E-state index in [2.05, 4.69) is 13.8 Å². The zero-order valence-corrected chi connectivity index (χ0v) is 11.7. The molecular weight excluding hydrogens is 232 g/mol. The quantitative estimate of drug-likeness (QED) is 0.838. The molecule has 1 saturated heterocycles. The number of carboxylic acids is 1. The molecule has 0 aliphatic carbocycles. The van der Waals surface area contributed by atoms with Crippen LogP contribution in [-0.2, 0) is 4.79 Å². The minimum Gasteiger partial charge on any atom is -0.480 e. The Bertz CT molecular complexity index is 307. The number of piperidine rings is 1. The molecule has 0 saturated carbocycles. The summed E-state index contributed by atoms with van der Waals surface area (Å²) in [7, 11) is 0. The second-order valence-electron chi connectivity index (χ2n) is 5.75. The summed E-state index contributed by atoms with van der Waals surface area (Å²) in [6.07, 6.45) is 1.13. The number of nitrogens with zero attached hydrogens (tertiary/aromatic N) is 2. The van der Waals surface area contributed by atoms with Gasteiger partial charge in [0.1, 0.15) is 6.54 Å². The van der Waals surface area contributed by atoms with Crippen LogP contribution < -0.4 is 0 Å². The van der Waals surface area contributed by atoms with Gasteiger partial charge in [-0.3, -0.25) is 4.79 Å². The largest absolute Gasteiger partial charge is 0.480 e. The van der Waals surface area contributed by atoms with Crippen molar-refractivity contribution >= 4 is 12.0 Å². The van der Waals surface area contributed by atoms with Gasteiger partial charge >= 0.3 is 12.0 Å². The van der Waals surface area contributed by atoms with Gasteiger partial charge in [0.25, 0.3) is 0 Å². The Labute approximate surface area is 109 Å². The number of amides is 2. The summed E-state index contributed by atoms with van der Waals surface area (Å²) in [5, 5.41) is 8.87. The molecule has 1 fully saturated rings. The van der Waals surface area contributed by atoms with E-state index in [1.54, 1.807) is 4.90 Å². The van der Waals surface area contributed by atoms with Crippen LogP contribution in [0.15, 0.2) is 0 Å². The molecule has 5 heteroatoms.